The quantitative estimate of drug-likeness (QED) is 0.848. The van der Waals surface area contributed by atoms with Crippen LogP contribution in [0.3, 0.4) is 0 Å². The number of methoxy groups -OCH3 is 2. The number of hydrogen-bond acceptors (Lipinski definition) is 4. The molecular formula is C20H23N3O4. The second-order valence-corrected chi connectivity index (χ2v) is 6.24. The molecule has 0 fully saturated rings. The molecule has 0 radical (unpaired) electrons. The Labute approximate surface area is 158 Å². The fraction of sp³-hybridized carbons (Fsp3) is 0.300. The molecule has 2 aromatic carbocycles. The normalized spacial score (nSPS) is 12.9. The summed E-state index contributed by atoms with van der Waals surface area (Å²) in [7, 11) is 3.08. The maximum atomic E-state index is 12.3. The summed E-state index contributed by atoms with van der Waals surface area (Å²) in [5, 5.41) is 5.58. The highest BCUT2D eigenvalue weighted by molar-refractivity contribution is 6.01. The predicted molar refractivity (Wildman–Crippen MR) is 105 cm³/mol. The van der Waals surface area contributed by atoms with Crippen molar-refractivity contribution in [1.29, 1.82) is 0 Å². The third-order valence-corrected chi connectivity index (χ3v) is 4.36. The summed E-state index contributed by atoms with van der Waals surface area (Å²) in [6, 6.07) is 12.4. The summed E-state index contributed by atoms with van der Waals surface area (Å²) in [6.45, 7) is 0.683. The Morgan fingerprint density at radius 1 is 1.07 bits per heavy atom. The molecule has 3 rings (SSSR count). The van der Waals surface area contributed by atoms with Crippen molar-refractivity contribution in [1.82, 2.24) is 0 Å². The van der Waals surface area contributed by atoms with Crippen molar-refractivity contribution in [2.45, 2.75) is 12.8 Å². The molecule has 1 aliphatic rings. The third kappa shape index (κ3) is 4.57. The molecule has 142 valence electrons. The van der Waals surface area contributed by atoms with Gasteiger partial charge in [0.15, 0.2) is 0 Å². The SMILES string of the molecule is COCC(=O)N1CCCc2ccc(NC(=O)Nc3cccc(OC)c3)cc21. The number of nitrogens with zero attached hydrogens (tertiary/aromatic N) is 1. The van der Waals surface area contributed by atoms with Crippen LogP contribution in [0.2, 0.25) is 0 Å². The fourth-order valence-electron chi connectivity index (χ4n) is 3.11. The lowest BCUT2D eigenvalue weighted by Crippen LogP contribution is -2.37. The molecule has 2 aromatic rings. The number of fused-ring (bicyclic) bond motifs is 1. The van der Waals surface area contributed by atoms with Crippen LogP contribution in [0.1, 0.15) is 12.0 Å². The lowest BCUT2D eigenvalue weighted by molar-refractivity contribution is -0.122. The van der Waals surface area contributed by atoms with Gasteiger partial charge in [0.25, 0.3) is 5.91 Å². The molecule has 0 bridgehead atoms. The molecule has 0 aliphatic carbocycles. The molecule has 3 amide bonds. The summed E-state index contributed by atoms with van der Waals surface area (Å²) in [5.41, 5.74) is 3.15. The van der Waals surface area contributed by atoms with Gasteiger partial charge in [-0.05, 0) is 42.7 Å². The average Bonchev–Trinajstić information content (AvgIpc) is 2.67. The monoisotopic (exact) mass is 369 g/mol. The van der Waals surface area contributed by atoms with Crippen molar-refractivity contribution in [3.63, 3.8) is 0 Å². The lowest BCUT2D eigenvalue weighted by atomic mass is 10.0. The minimum Gasteiger partial charge on any atom is -0.497 e. The molecule has 0 unspecified atom stereocenters. The molecule has 7 nitrogen and oxygen atoms in total. The van der Waals surface area contributed by atoms with Gasteiger partial charge in [0.05, 0.1) is 7.11 Å². The van der Waals surface area contributed by atoms with Gasteiger partial charge >= 0.3 is 6.03 Å². The van der Waals surface area contributed by atoms with Crippen molar-refractivity contribution in [3.8, 4) is 5.75 Å². The molecule has 2 N–H and O–H groups in total. The minimum atomic E-state index is -0.367. The molecule has 7 heteroatoms. The van der Waals surface area contributed by atoms with Gasteiger partial charge in [-0.2, -0.15) is 0 Å². The van der Waals surface area contributed by atoms with Gasteiger partial charge in [-0.3, -0.25) is 4.79 Å². The predicted octanol–water partition coefficient (Wildman–Crippen LogP) is 3.26. The van der Waals surface area contributed by atoms with Crippen molar-refractivity contribution in [2.24, 2.45) is 0 Å². The van der Waals surface area contributed by atoms with Crippen LogP contribution in [0.25, 0.3) is 0 Å². The Hall–Kier alpha value is -3.06. The van der Waals surface area contributed by atoms with Crippen LogP contribution >= 0.6 is 0 Å². The highest BCUT2D eigenvalue weighted by atomic mass is 16.5. The van der Waals surface area contributed by atoms with E-state index in [1.165, 1.54) is 7.11 Å². The first-order valence-electron chi connectivity index (χ1n) is 8.75. The van der Waals surface area contributed by atoms with Crippen LogP contribution in [-0.2, 0) is 16.0 Å². The number of anilines is 3. The molecule has 1 heterocycles. The van der Waals surface area contributed by atoms with Crippen LogP contribution in [0.5, 0.6) is 5.75 Å². The zero-order valence-electron chi connectivity index (χ0n) is 15.5. The highest BCUT2D eigenvalue weighted by Gasteiger charge is 2.22. The number of nitrogens with one attached hydrogen (secondary N) is 2. The molecule has 0 saturated heterocycles. The second-order valence-electron chi connectivity index (χ2n) is 6.24. The first-order chi connectivity index (χ1) is 13.1. The van der Waals surface area contributed by atoms with Crippen LogP contribution in [0.4, 0.5) is 21.9 Å². The summed E-state index contributed by atoms with van der Waals surface area (Å²) >= 11 is 0. The molecule has 1 aliphatic heterocycles. The van der Waals surface area contributed by atoms with E-state index in [1.54, 1.807) is 36.3 Å². The van der Waals surface area contributed by atoms with E-state index in [2.05, 4.69) is 10.6 Å². The lowest BCUT2D eigenvalue weighted by Gasteiger charge is -2.29. The fourth-order valence-corrected chi connectivity index (χ4v) is 3.11. The molecule has 0 saturated carbocycles. The first-order valence-corrected chi connectivity index (χ1v) is 8.75. The number of amides is 3. The van der Waals surface area contributed by atoms with Crippen molar-refractivity contribution < 1.29 is 19.1 Å². The summed E-state index contributed by atoms with van der Waals surface area (Å²) in [5.74, 6) is 0.574. The maximum Gasteiger partial charge on any atom is 0.323 e. The summed E-state index contributed by atoms with van der Waals surface area (Å²) in [6.07, 6.45) is 1.81. The molecule has 27 heavy (non-hydrogen) atoms. The van der Waals surface area contributed by atoms with Crippen molar-refractivity contribution in [2.75, 3.05) is 42.9 Å². The van der Waals surface area contributed by atoms with Gasteiger partial charge in [0.2, 0.25) is 0 Å². The number of rotatable bonds is 5. The number of hydrogen-bond donors (Lipinski definition) is 2. The van der Waals surface area contributed by atoms with E-state index < -0.39 is 0 Å². The Kier molecular flexibility index (Phi) is 5.93. The van der Waals surface area contributed by atoms with E-state index in [-0.39, 0.29) is 18.5 Å². The maximum absolute atomic E-state index is 12.3. The Bertz CT molecular complexity index is 838. The van der Waals surface area contributed by atoms with Gasteiger partial charge in [0.1, 0.15) is 12.4 Å². The zero-order chi connectivity index (χ0) is 19.2. The van der Waals surface area contributed by atoms with E-state index in [1.807, 2.05) is 18.2 Å². The highest BCUT2D eigenvalue weighted by Crippen LogP contribution is 2.30. The Morgan fingerprint density at radius 2 is 1.85 bits per heavy atom. The molecule has 0 aromatic heterocycles. The summed E-state index contributed by atoms with van der Waals surface area (Å²) < 4.78 is 10.1. The third-order valence-electron chi connectivity index (χ3n) is 4.36. The molecule has 0 spiro atoms. The number of ether oxygens (including phenoxy) is 2. The number of carbonyl (C=O) groups is 2. The van der Waals surface area contributed by atoms with Crippen molar-refractivity contribution >= 4 is 29.0 Å². The van der Waals surface area contributed by atoms with E-state index in [0.717, 1.165) is 24.1 Å². The van der Waals surface area contributed by atoms with Crippen LogP contribution in [0.15, 0.2) is 42.5 Å². The van der Waals surface area contributed by atoms with Crippen molar-refractivity contribution in [3.05, 3.63) is 48.0 Å². The van der Waals surface area contributed by atoms with E-state index in [4.69, 9.17) is 9.47 Å². The van der Waals surface area contributed by atoms with E-state index >= 15 is 0 Å². The molecular weight excluding hydrogens is 346 g/mol. The number of benzene rings is 2. The largest absolute Gasteiger partial charge is 0.497 e. The standard InChI is InChI=1S/C20H23N3O4/c1-26-13-19(24)23-10-4-5-14-8-9-16(12-18(14)23)22-20(25)21-15-6-3-7-17(11-15)27-2/h3,6-9,11-12H,4-5,10,13H2,1-2H3,(H2,21,22,25). The zero-order valence-corrected chi connectivity index (χ0v) is 15.5. The average molecular weight is 369 g/mol. The van der Waals surface area contributed by atoms with Gasteiger partial charge in [0, 0.05) is 36.8 Å². The minimum absolute atomic E-state index is 0.0351. The summed E-state index contributed by atoms with van der Waals surface area (Å²) in [4.78, 5) is 26.3. The number of urea groups is 1. The van der Waals surface area contributed by atoms with Crippen LogP contribution in [-0.4, -0.2) is 39.3 Å². The van der Waals surface area contributed by atoms with Crippen LogP contribution < -0.4 is 20.3 Å². The topological polar surface area (TPSA) is 79.9 Å². The smallest absolute Gasteiger partial charge is 0.323 e. The number of carbonyl (C=O) groups excluding carboxylic acids is 2. The van der Waals surface area contributed by atoms with Gasteiger partial charge in [-0.15, -0.1) is 0 Å². The Balaban J connectivity index is 1.73. The number of aryl methyl sites for hydroxylation is 1. The van der Waals surface area contributed by atoms with Gasteiger partial charge in [-0.25, -0.2) is 4.79 Å². The van der Waals surface area contributed by atoms with Crippen LogP contribution in [0, 0.1) is 0 Å². The Morgan fingerprint density at radius 3 is 2.59 bits per heavy atom. The second kappa shape index (κ2) is 8.55. The van der Waals surface area contributed by atoms with E-state index in [9.17, 15) is 9.59 Å². The molecule has 0 atom stereocenters. The van der Waals surface area contributed by atoms with Gasteiger partial charge < -0.3 is 25.0 Å². The van der Waals surface area contributed by atoms with Gasteiger partial charge in [-0.1, -0.05) is 12.1 Å². The first kappa shape index (κ1) is 18.7. The van der Waals surface area contributed by atoms with E-state index in [0.29, 0.717) is 23.7 Å².